The first kappa shape index (κ1) is 16.6. The summed E-state index contributed by atoms with van der Waals surface area (Å²) in [5.41, 5.74) is 0. The zero-order chi connectivity index (χ0) is 15.1. The van der Waals surface area contributed by atoms with E-state index in [1.165, 1.54) is 0 Å². The normalized spacial score (nSPS) is 23.6. The Balaban J connectivity index is 2.38. The molecule has 1 saturated carbocycles. The van der Waals surface area contributed by atoms with Gasteiger partial charge in [-0.3, -0.25) is 4.79 Å². The molecule has 1 fully saturated rings. The highest BCUT2D eigenvalue weighted by atomic mass is 32.2. The van der Waals surface area contributed by atoms with Gasteiger partial charge in [0, 0.05) is 11.3 Å². The highest BCUT2D eigenvalue weighted by molar-refractivity contribution is 7.99. The molecule has 114 valence electrons. The zero-order valence-corrected chi connectivity index (χ0v) is 12.1. The summed E-state index contributed by atoms with van der Waals surface area (Å²) in [6.45, 7) is 0. The highest BCUT2D eigenvalue weighted by Gasteiger charge is 2.26. The van der Waals surface area contributed by atoms with Crippen molar-refractivity contribution in [2.75, 3.05) is 6.26 Å². The number of carboxylic acids is 2. The lowest BCUT2D eigenvalue weighted by atomic mass is 9.95. The predicted octanol–water partition coefficient (Wildman–Crippen LogP) is 0.888. The minimum absolute atomic E-state index is 0.0256. The maximum Gasteiger partial charge on any atom is 0.326 e. The van der Waals surface area contributed by atoms with Crippen molar-refractivity contribution in [3.63, 3.8) is 0 Å². The number of carboxylic acid groups (broad SMARTS) is 2. The van der Waals surface area contributed by atoms with Crippen LogP contribution in [0.3, 0.4) is 0 Å². The van der Waals surface area contributed by atoms with Gasteiger partial charge in [-0.1, -0.05) is 0 Å². The molecule has 1 rings (SSSR count). The van der Waals surface area contributed by atoms with Gasteiger partial charge in [0.1, 0.15) is 6.04 Å². The number of urea groups is 1. The molecule has 1 aliphatic carbocycles. The zero-order valence-electron chi connectivity index (χ0n) is 11.3. The number of carbonyl (C=O) groups is 3. The van der Waals surface area contributed by atoms with Crippen molar-refractivity contribution in [1.82, 2.24) is 10.6 Å². The molecule has 0 spiro atoms. The molecule has 0 radical (unpaired) electrons. The Hall–Kier alpha value is -1.44. The van der Waals surface area contributed by atoms with Gasteiger partial charge in [-0.2, -0.15) is 11.8 Å². The second-order valence-corrected chi connectivity index (χ2v) is 5.95. The van der Waals surface area contributed by atoms with Crippen LogP contribution in [0.25, 0.3) is 0 Å². The molecule has 8 heteroatoms. The van der Waals surface area contributed by atoms with Crippen LogP contribution in [-0.4, -0.2) is 51.8 Å². The van der Waals surface area contributed by atoms with Gasteiger partial charge in [0.25, 0.3) is 0 Å². The molecule has 7 nitrogen and oxygen atoms in total. The van der Waals surface area contributed by atoms with Crippen LogP contribution in [0, 0.1) is 0 Å². The third-order valence-electron chi connectivity index (χ3n) is 3.32. The van der Waals surface area contributed by atoms with E-state index in [0.717, 1.165) is 25.7 Å². The maximum atomic E-state index is 11.7. The van der Waals surface area contributed by atoms with Crippen LogP contribution >= 0.6 is 11.8 Å². The van der Waals surface area contributed by atoms with E-state index < -0.39 is 30.4 Å². The van der Waals surface area contributed by atoms with E-state index in [9.17, 15) is 14.4 Å². The standard InChI is InChI=1S/C12H20N2O5S/c1-20-8-4-2-7(3-5-8)13-12(19)14-9(11(17)18)6-10(15)16/h7-9H,2-6H2,1H3,(H,15,16)(H,17,18)(H2,13,14,19)/t7?,8?,9-/m1/s1. The fraction of sp³-hybridized carbons (Fsp3) is 0.750. The van der Waals surface area contributed by atoms with E-state index >= 15 is 0 Å². The molecule has 0 aromatic carbocycles. The fourth-order valence-corrected chi connectivity index (χ4v) is 2.95. The number of carbonyl (C=O) groups excluding carboxylic acids is 1. The van der Waals surface area contributed by atoms with Gasteiger partial charge in [-0.25, -0.2) is 9.59 Å². The Bertz CT molecular complexity index is 369. The van der Waals surface area contributed by atoms with Crippen LogP contribution in [0.2, 0.25) is 0 Å². The Morgan fingerprint density at radius 1 is 1.20 bits per heavy atom. The number of nitrogens with one attached hydrogen (secondary N) is 2. The Morgan fingerprint density at radius 3 is 2.25 bits per heavy atom. The molecular formula is C12H20N2O5S. The molecule has 20 heavy (non-hydrogen) atoms. The number of hydrogen-bond donors (Lipinski definition) is 4. The maximum absolute atomic E-state index is 11.7. The van der Waals surface area contributed by atoms with Crippen molar-refractivity contribution in [3.8, 4) is 0 Å². The van der Waals surface area contributed by atoms with Crippen molar-refractivity contribution >= 4 is 29.7 Å². The van der Waals surface area contributed by atoms with Crippen molar-refractivity contribution in [2.24, 2.45) is 0 Å². The van der Waals surface area contributed by atoms with Crippen LogP contribution in [0.15, 0.2) is 0 Å². The second kappa shape index (κ2) is 7.98. The van der Waals surface area contributed by atoms with E-state index in [-0.39, 0.29) is 6.04 Å². The number of rotatable bonds is 6. The van der Waals surface area contributed by atoms with Gasteiger partial charge in [-0.05, 0) is 31.9 Å². The van der Waals surface area contributed by atoms with Crippen LogP contribution < -0.4 is 10.6 Å². The van der Waals surface area contributed by atoms with Gasteiger partial charge in [0.05, 0.1) is 6.42 Å². The summed E-state index contributed by atoms with van der Waals surface area (Å²) in [4.78, 5) is 33.0. The lowest BCUT2D eigenvalue weighted by Crippen LogP contribution is -2.50. The number of amides is 2. The third kappa shape index (κ3) is 5.68. The van der Waals surface area contributed by atoms with Crippen LogP contribution in [-0.2, 0) is 9.59 Å². The average molecular weight is 304 g/mol. The van der Waals surface area contributed by atoms with E-state index in [2.05, 4.69) is 16.9 Å². The molecule has 1 aliphatic rings. The van der Waals surface area contributed by atoms with Gasteiger partial charge >= 0.3 is 18.0 Å². The summed E-state index contributed by atoms with van der Waals surface area (Å²) in [7, 11) is 0. The monoisotopic (exact) mass is 304 g/mol. The van der Waals surface area contributed by atoms with Crippen molar-refractivity contribution in [3.05, 3.63) is 0 Å². The Morgan fingerprint density at radius 2 is 1.80 bits per heavy atom. The molecular weight excluding hydrogens is 284 g/mol. The molecule has 0 saturated heterocycles. The molecule has 4 N–H and O–H groups in total. The molecule has 2 amide bonds. The first-order valence-corrected chi connectivity index (χ1v) is 7.75. The fourth-order valence-electron chi connectivity index (χ4n) is 2.20. The SMILES string of the molecule is CSC1CCC(NC(=O)N[C@H](CC(=O)O)C(=O)O)CC1. The topological polar surface area (TPSA) is 116 Å². The van der Waals surface area contributed by atoms with Crippen molar-refractivity contribution in [1.29, 1.82) is 0 Å². The van der Waals surface area contributed by atoms with Crippen LogP contribution in [0.4, 0.5) is 4.79 Å². The second-order valence-electron chi connectivity index (χ2n) is 4.82. The summed E-state index contributed by atoms with van der Waals surface area (Å²) in [6.07, 6.45) is 5.18. The minimum Gasteiger partial charge on any atom is -0.481 e. The van der Waals surface area contributed by atoms with Gasteiger partial charge in [-0.15, -0.1) is 0 Å². The van der Waals surface area contributed by atoms with Gasteiger partial charge in [0.15, 0.2) is 0 Å². The van der Waals surface area contributed by atoms with Crippen molar-refractivity contribution in [2.45, 2.75) is 49.4 Å². The minimum atomic E-state index is -1.41. The van der Waals surface area contributed by atoms with E-state index in [1.54, 1.807) is 0 Å². The summed E-state index contributed by atoms with van der Waals surface area (Å²) in [5.74, 6) is -2.62. The molecule has 0 heterocycles. The van der Waals surface area contributed by atoms with E-state index in [4.69, 9.17) is 10.2 Å². The number of thioether (sulfide) groups is 1. The van der Waals surface area contributed by atoms with Crippen molar-refractivity contribution < 1.29 is 24.6 Å². The van der Waals surface area contributed by atoms with Gasteiger partial charge in [0.2, 0.25) is 0 Å². The quantitative estimate of drug-likeness (QED) is 0.579. The third-order valence-corrected chi connectivity index (χ3v) is 4.46. The largest absolute Gasteiger partial charge is 0.481 e. The lowest BCUT2D eigenvalue weighted by Gasteiger charge is -2.28. The summed E-state index contributed by atoms with van der Waals surface area (Å²) >= 11 is 1.82. The highest BCUT2D eigenvalue weighted by Crippen LogP contribution is 2.26. The van der Waals surface area contributed by atoms with Crippen LogP contribution in [0.1, 0.15) is 32.1 Å². The number of aliphatic carboxylic acids is 2. The van der Waals surface area contributed by atoms with E-state index in [1.807, 2.05) is 11.8 Å². The molecule has 0 aliphatic heterocycles. The smallest absolute Gasteiger partial charge is 0.326 e. The lowest BCUT2D eigenvalue weighted by molar-refractivity contribution is -0.145. The van der Waals surface area contributed by atoms with E-state index in [0.29, 0.717) is 5.25 Å². The average Bonchev–Trinajstić information content (AvgIpc) is 2.38. The molecule has 0 bridgehead atoms. The molecule has 0 aromatic heterocycles. The van der Waals surface area contributed by atoms with Crippen LogP contribution in [0.5, 0.6) is 0 Å². The Labute approximate surface area is 121 Å². The summed E-state index contributed by atoms with van der Waals surface area (Å²) in [5, 5.41) is 22.9. The van der Waals surface area contributed by atoms with Gasteiger partial charge < -0.3 is 20.8 Å². The first-order valence-electron chi connectivity index (χ1n) is 6.46. The first-order chi connectivity index (χ1) is 9.42. The molecule has 1 atom stereocenters. The summed E-state index contributed by atoms with van der Waals surface area (Å²) < 4.78 is 0. The predicted molar refractivity (Wildman–Crippen MR) is 74.9 cm³/mol. The Kier molecular flexibility index (Phi) is 6.63. The molecule has 0 unspecified atom stereocenters. The number of hydrogen-bond acceptors (Lipinski definition) is 4. The summed E-state index contributed by atoms with van der Waals surface area (Å²) in [6, 6.07) is -2.00. The molecule has 0 aromatic rings.